The van der Waals surface area contributed by atoms with Gasteiger partial charge < -0.3 is 10.8 Å². The normalized spacial score (nSPS) is 22.2. The van der Waals surface area contributed by atoms with Crippen LogP contribution in [0, 0.1) is 11.3 Å². The summed E-state index contributed by atoms with van der Waals surface area (Å²) >= 11 is 0. The zero-order valence-corrected chi connectivity index (χ0v) is 16.4. The number of ketones is 1. The van der Waals surface area contributed by atoms with Crippen LogP contribution in [0.1, 0.15) is 53.9 Å². The summed E-state index contributed by atoms with van der Waals surface area (Å²) in [6.07, 6.45) is 11.0. The second-order valence-electron chi connectivity index (χ2n) is 6.34. The SMILES string of the molecule is C=C/C=C\CC1=CC(N)CC1=O.C=CC.CC.CC1(C)CC1C(=O)O. The van der Waals surface area contributed by atoms with Gasteiger partial charge in [-0.25, -0.2) is 0 Å². The standard InChI is InChI=1S/C10H13NO.C6H10O2.C3H6.C2H6/c1-2-3-4-5-8-6-9(11)7-10(8)12;1-6(2)3-4(6)5(7)8;1-3-2;1-2/h2-4,6,9H,1,5,7,11H2;4H,3H2,1-2H3,(H,7,8);3H,1H2,2H3;1-2H3/b4-3-;;;. The molecule has 0 amide bonds. The third kappa shape index (κ3) is 11.3. The Hall–Kier alpha value is -1.94. The summed E-state index contributed by atoms with van der Waals surface area (Å²) in [4.78, 5) is 21.3. The lowest BCUT2D eigenvalue weighted by atomic mass is 10.1. The Kier molecular flexibility index (Phi) is 13.5. The van der Waals surface area contributed by atoms with Gasteiger partial charge in [-0.1, -0.05) is 64.7 Å². The maximum Gasteiger partial charge on any atom is 0.307 e. The molecule has 3 N–H and O–H groups in total. The predicted octanol–water partition coefficient (Wildman–Crippen LogP) is 4.68. The van der Waals surface area contributed by atoms with Crippen molar-refractivity contribution >= 4 is 11.8 Å². The molecule has 2 unspecified atom stereocenters. The first-order valence-electron chi connectivity index (χ1n) is 8.76. The van der Waals surface area contributed by atoms with Crippen molar-refractivity contribution in [3.63, 3.8) is 0 Å². The molecule has 0 spiro atoms. The first kappa shape index (κ1) is 25.3. The Bertz CT molecular complexity index is 501. The second-order valence-corrected chi connectivity index (χ2v) is 6.34. The van der Waals surface area contributed by atoms with Gasteiger partial charge in [0.05, 0.1) is 5.92 Å². The Morgan fingerprint density at radius 2 is 1.88 bits per heavy atom. The van der Waals surface area contributed by atoms with E-state index in [1.54, 1.807) is 12.2 Å². The average Bonchev–Trinajstić information content (AvgIpc) is 3.07. The molecular weight excluding hydrogens is 314 g/mol. The van der Waals surface area contributed by atoms with Gasteiger partial charge in [0, 0.05) is 12.5 Å². The van der Waals surface area contributed by atoms with Crippen molar-refractivity contribution in [3.05, 3.63) is 49.1 Å². The van der Waals surface area contributed by atoms with Crippen LogP contribution in [0.3, 0.4) is 0 Å². The van der Waals surface area contributed by atoms with Crippen molar-refractivity contribution in [3.8, 4) is 0 Å². The monoisotopic (exact) mass is 349 g/mol. The Labute approximate surface area is 153 Å². The highest BCUT2D eigenvalue weighted by atomic mass is 16.4. The lowest BCUT2D eigenvalue weighted by Gasteiger charge is -1.94. The molecule has 4 heteroatoms. The summed E-state index contributed by atoms with van der Waals surface area (Å²) in [7, 11) is 0. The highest BCUT2D eigenvalue weighted by Crippen LogP contribution is 2.51. The van der Waals surface area contributed by atoms with E-state index in [9.17, 15) is 9.59 Å². The van der Waals surface area contributed by atoms with Gasteiger partial charge in [-0.15, -0.1) is 6.58 Å². The van der Waals surface area contributed by atoms with Gasteiger partial charge in [-0.3, -0.25) is 9.59 Å². The molecule has 0 aromatic heterocycles. The van der Waals surface area contributed by atoms with Crippen LogP contribution in [0.15, 0.2) is 49.1 Å². The van der Waals surface area contributed by atoms with Crippen LogP contribution in [0.25, 0.3) is 0 Å². The molecule has 25 heavy (non-hydrogen) atoms. The maximum atomic E-state index is 11.2. The van der Waals surface area contributed by atoms with Gasteiger partial charge in [0.15, 0.2) is 5.78 Å². The zero-order chi connectivity index (χ0) is 20.0. The topological polar surface area (TPSA) is 80.4 Å². The summed E-state index contributed by atoms with van der Waals surface area (Å²) in [6.45, 7) is 16.7. The third-order valence-corrected chi connectivity index (χ3v) is 3.62. The van der Waals surface area contributed by atoms with Crippen molar-refractivity contribution in [2.24, 2.45) is 17.1 Å². The summed E-state index contributed by atoms with van der Waals surface area (Å²) in [5, 5.41) is 8.39. The molecule has 2 rings (SSSR count). The van der Waals surface area contributed by atoms with E-state index in [0.717, 1.165) is 12.0 Å². The van der Waals surface area contributed by atoms with Crippen molar-refractivity contribution in [2.45, 2.75) is 59.9 Å². The molecule has 1 saturated carbocycles. The number of carbonyl (C=O) groups is 2. The van der Waals surface area contributed by atoms with Gasteiger partial charge in [0.2, 0.25) is 0 Å². The first-order valence-corrected chi connectivity index (χ1v) is 8.76. The molecule has 0 aromatic carbocycles. The molecule has 0 radical (unpaired) electrons. The predicted molar refractivity (Wildman–Crippen MR) is 106 cm³/mol. The fourth-order valence-corrected chi connectivity index (χ4v) is 2.12. The molecule has 0 saturated heterocycles. The van der Waals surface area contributed by atoms with Crippen molar-refractivity contribution in [2.75, 3.05) is 0 Å². The van der Waals surface area contributed by atoms with Gasteiger partial charge in [0.25, 0.3) is 0 Å². The van der Waals surface area contributed by atoms with Gasteiger partial charge in [-0.05, 0) is 30.8 Å². The summed E-state index contributed by atoms with van der Waals surface area (Å²) in [5.74, 6) is -0.534. The number of carbonyl (C=O) groups excluding carboxylic acids is 1. The quantitative estimate of drug-likeness (QED) is 0.570. The molecular formula is C21H35NO3. The van der Waals surface area contributed by atoms with Crippen LogP contribution in [0.2, 0.25) is 0 Å². The van der Waals surface area contributed by atoms with E-state index in [1.165, 1.54) is 0 Å². The minimum absolute atomic E-state index is 0.0652. The largest absolute Gasteiger partial charge is 0.481 e. The van der Waals surface area contributed by atoms with E-state index < -0.39 is 5.97 Å². The van der Waals surface area contributed by atoms with Crippen molar-refractivity contribution in [1.82, 2.24) is 0 Å². The number of rotatable bonds is 4. The summed E-state index contributed by atoms with van der Waals surface area (Å²) < 4.78 is 0. The van der Waals surface area contributed by atoms with Crippen molar-refractivity contribution in [1.29, 1.82) is 0 Å². The van der Waals surface area contributed by atoms with Crippen LogP contribution in [-0.2, 0) is 9.59 Å². The number of hydrogen-bond acceptors (Lipinski definition) is 3. The fraction of sp³-hybridized carbons (Fsp3) is 0.524. The van der Waals surface area contributed by atoms with Gasteiger partial charge in [0.1, 0.15) is 0 Å². The maximum absolute atomic E-state index is 11.2. The number of aliphatic carboxylic acids is 1. The van der Waals surface area contributed by atoms with Crippen LogP contribution >= 0.6 is 0 Å². The molecule has 0 heterocycles. The van der Waals surface area contributed by atoms with Crippen LogP contribution in [-0.4, -0.2) is 22.9 Å². The Balaban J connectivity index is 0. The Morgan fingerprint density at radius 3 is 2.12 bits per heavy atom. The number of allylic oxidation sites excluding steroid dienone is 5. The lowest BCUT2D eigenvalue weighted by Crippen LogP contribution is -2.14. The molecule has 4 nitrogen and oxygen atoms in total. The van der Waals surface area contributed by atoms with Crippen molar-refractivity contribution < 1.29 is 14.7 Å². The number of carboxylic acid groups (broad SMARTS) is 1. The van der Waals surface area contributed by atoms with E-state index in [4.69, 9.17) is 10.8 Å². The summed E-state index contributed by atoms with van der Waals surface area (Å²) in [6, 6.07) is -0.0652. The number of carboxylic acids is 1. The van der Waals surface area contributed by atoms with Crippen LogP contribution in [0.5, 0.6) is 0 Å². The number of nitrogens with two attached hydrogens (primary N) is 1. The molecule has 142 valence electrons. The lowest BCUT2D eigenvalue weighted by molar-refractivity contribution is -0.139. The molecule has 2 atom stereocenters. The van der Waals surface area contributed by atoms with E-state index in [2.05, 4.69) is 13.2 Å². The average molecular weight is 350 g/mol. The molecule has 0 bridgehead atoms. The van der Waals surface area contributed by atoms with E-state index in [0.29, 0.717) is 12.8 Å². The minimum atomic E-state index is -0.644. The van der Waals surface area contributed by atoms with E-state index in [1.807, 2.05) is 52.8 Å². The van der Waals surface area contributed by atoms with Crippen LogP contribution < -0.4 is 5.73 Å². The van der Waals surface area contributed by atoms with Gasteiger partial charge >= 0.3 is 5.97 Å². The molecule has 0 aromatic rings. The molecule has 1 fully saturated rings. The first-order chi connectivity index (χ1) is 11.7. The zero-order valence-electron chi connectivity index (χ0n) is 16.4. The third-order valence-electron chi connectivity index (χ3n) is 3.62. The minimum Gasteiger partial charge on any atom is -0.481 e. The number of Topliss-reactive ketones (excluding diaryl/α,β-unsaturated/α-hetero) is 1. The highest BCUT2D eigenvalue weighted by molar-refractivity contribution is 5.98. The second kappa shape index (κ2) is 13.4. The Morgan fingerprint density at radius 1 is 1.40 bits per heavy atom. The molecule has 2 aliphatic rings. The van der Waals surface area contributed by atoms with Crippen LogP contribution in [0.4, 0.5) is 0 Å². The smallest absolute Gasteiger partial charge is 0.307 e. The number of hydrogen-bond donors (Lipinski definition) is 2. The van der Waals surface area contributed by atoms with Gasteiger partial charge in [-0.2, -0.15) is 0 Å². The van der Waals surface area contributed by atoms with E-state index in [-0.39, 0.29) is 23.2 Å². The van der Waals surface area contributed by atoms with E-state index >= 15 is 0 Å². The fourth-order valence-electron chi connectivity index (χ4n) is 2.12. The highest BCUT2D eigenvalue weighted by Gasteiger charge is 2.50. The molecule has 2 aliphatic carbocycles. The summed E-state index contributed by atoms with van der Waals surface area (Å²) in [5.41, 5.74) is 6.50. The molecule has 0 aliphatic heterocycles.